The maximum atomic E-state index is 12.7. The van der Waals surface area contributed by atoms with Crippen LogP contribution in [-0.2, 0) is 0 Å². The summed E-state index contributed by atoms with van der Waals surface area (Å²) in [6, 6.07) is 3.50. The molecule has 1 heterocycles. The van der Waals surface area contributed by atoms with Crippen molar-refractivity contribution in [2.45, 2.75) is 31.6 Å². The molecule has 0 aliphatic heterocycles. The number of pyridine rings is 1. The first kappa shape index (κ1) is 7.71. The second-order valence-electron chi connectivity index (χ2n) is 3.39. The zero-order valence-corrected chi connectivity index (χ0v) is 6.96. The number of hydrogen-bond donors (Lipinski definition) is 0. The lowest BCUT2D eigenvalue weighted by Gasteiger charge is -2.07. The molecular formula is C10H12FN. The van der Waals surface area contributed by atoms with Gasteiger partial charge in [-0.05, 0) is 36.5 Å². The lowest BCUT2D eigenvalue weighted by molar-refractivity contribution is 0.576. The number of hydrogen-bond acceptors (Lipinski definition) is 1. The minimum atomic E-state index is -0.348. The van der Waals surface area contributed by atoms with Crippen LogP contribution < -0.4 is 0 Å². The minimum absolute atomic E-state index is 0.348. The average molecular weight is 165 g/mol. The molecule has 2 rings (SSSR count). The predicted octanol–water partition coefficient (Wildman–Crippen LogP) is 2.88. The van der Waals surface area contributed by atoms with Crippen molar-refractivity contribution >= 4 is 0 Å². The highest BCUT2D eigenvalue weighted by Gasteiger charge is 2.17. The summed E-state index contributed by atoms with van der Waals surface area (Å²) >= 11 is 0. The molecule has 0 bridgehead atoms. The van der Waals surface area contributed by atoms with Crippen molar-refractivity contribution in [3.8, 4) is 0 Å². The van der Waals surface area contributed by atoms with Crippen molar-refractivity contribution in [3.05, 3.63) is 29.8 Å². The Kier molecular flexibility index (Phi) is 2.07. The van der Waals surface area contributed by atoms with Gasteiger partial charge in [-0.3, -0.25) is 0 Å². The third-order valence-corrected chi connectivity index (χ3v) is 2.58. The van der Waals surface area contributed by atoms with Crippen molar-refractivity contribution < 1.29 is 4.39 Å². The Hall–Kier alpha value is -0.920. The molecule has 1 aliphatic carbocycles. The summed E-state index contributed by atoms with van der Waals surface area (Å²) in [5, 5.41) is 0. The molecule has 2 heteroatoms. The predicted molar refractivity (Wildman–Crippen MR) is 45.4 cm³/mol. The van der Waals surface area contributed by atoms with E-state index in [0.29, 0.717) is 5.92 Å². The summed E-state index contributed by atoms with van der Waals surface area (Å²) in [5.41, 5.74) is 1.13. The first-order valence-corrected chi connectivity index (χ1v) is 4.48. The van der Waals surface area contributed by atoms with E-state index in [1.165, 1.54) is 25.7 Å². The van der Waals surface area contributed by atoms with Gasteiger partial charge < -0.3 is 0 Å². The molecule has 0 radical (unpaired) electrons. The molecule has 0 aromatic carbocycles. The van der Waals surface area contributed by atoms with E-state index in [9.17, 15) is 4.39 Å². The molecule has 1 aromatic heterocycles. The SMILES string of the molecule is Fc1cc(C2CCCC2)ccn1. The molecule has 0 atom stereocenters. The van der Waals surface area contributed by atoms with E-state index < -0.39 is 0 Å². The number of rotatable bonds is 1. The third kappa shape index (κ3) is 1.47. The lowest BCUT2D eigenvalue weighted by atomic mass is 9.99. The molecule has 0 N–H and O–H groups in total. The van der Waals surface area contributed by atoms with Crippen LogP contribution in [0, 0.1) is 5.95 Å². The van der Waals surface area contributed by atoms with E-state index >= 15 is 0 Å². The molecule has 12 heavy (non-hydrogen) atoms. The van der Waals surface area contributed by atoms with Gasteiger partial charge in [0, 0.05) is 6.20 Å². The summed E-state index contributed by atoms with van der Waals surface area (Å²) in [6.07, 6.45) is 6.55. The molecule has 1 fully saturated rings. The van der Waals surface area contributed by atoms with Crippen LogP contribution >= 0.6 is 0 Å². The number of aromatic nitrogens is 1. The fourth-order valence-electron chi connectivity index (χ4n) is 1.93. The number of nitrogens with zero attached hydrogens (tertiary/aromatic N) is 1. The van der Waals surface area contributed by atoms with Crippen LogP contribution in [0.15, 0.2) is 18.3 Å². The Bertz CT molecular complexity index is 266. The van der Waals surface area contributed by atoms with E-state index in [0.717, 1.165) is 5.56 Å². The molecule has 1 saturated carbocycles. The van der Waals surface area contributed by atoms with Crippen molar-refractivity contribution in [2.75, 3.05) is 0 Å². The smallest absolute Gasteiger partial charge is 0.213 e. The number of halogens is 1. The standard InChI is InChI=1S/C10H12FN/c11-10-7-9(5-6-12-10)8-3-1-2-4-8/h5-8H,1-4H2. The van der Waals surface area contributed by atoms with Crippen molar-refractivity contribution in [2.24, 2.45) is 0 Å². The summed E-state index contributed by atoms with van der Waals surface area (Å²) in [5.74, 6) is 0.238. The van der Waals surface area contributed by atoms with Crippen LogP contribution in [0.25, 0.3) is 0 Å². The highest BCUT2D eigenvalue weighted by atomic mass is 19.1. The van der Waals surface area contributed by atoms with E-state index in [2.05, 4.69) is 4.98 Å². The average Bonchev–Trinajstić information content (AvgIpc) is 2.56. The summed E-state index contributed by atoms with van der Waals surface area (Å²) in [6.45, 7) is 0. The first-order chi connectivity index (χ1) is 5.86. The van der Waals surface area contributed by atoms with E-state index in [1.807, 2.05) is 6.07 Å². The van der Waals surface area contributed by atoms with E-state index in [4.69, 9.17) is 0 Å². The van der Waals surface area contributed by atoms with Crippen LogP contribution in [-0.4, -0.2) is 4.98 Å². The molecular weight excluding hydrogens is 153 g/mol. The minimum Gasteiger partial charge on any atom is -0.228 e. The van der Waals surface area contributed by atoms with Gasteiger partial charge in [-0.1, -0.05) is 12.8 Å². The molecule has 1 aliphatic rings. The zero-order valence-electron chi connectivity index (χ0n) is 6.96. The molecule has 0 amide bonds. The normalized spacial score (nSPS) is 18.4. The van der Waals surface area contributed by atoms with Crippen molar-refractivity contribution in [1.29, 1.82) is 0 Å². The van der Waals surface area contributed by atoms with Crippen molar-refractivity contribution in [3.63, 3.8) is 0 Å². The van der Waals surface area contributed by atoms with Crippen LogP contribution in [0.1, 0.15) is 37.2 Å². The van der Waals surface area contributed by atoms with Crippen LogP contribution in [0.4, 0.5) is 4.39 Å². The van der Waals surface area contributed by atoms with Gasteiger partial charge >= 0.3 is 0 Å². The zero-order chi connectivity index (χ0) is 8.39. The van der Waals surface area contributed by atoms with E-state index in [-0.39, 0.29) is 5.95 Å². The molecule has 0 unspecified atom stereocenters. The van der Waals surface area contributed by atoms with Gasteiger partial charge in [0.15, 0.2) is 0 Å². The third-order valence-electron chi connectivity index (χ3n) is 2.58. The Morgan fingerprint density at radius 2 is 2.08 bits per heavy atom. The largest absolute Gasteiger partial charge is 0.228 e. The van der Waals surface area contributed by atoms with E-state index in [1.54, 1.807) is 12.3 Å². The first-order valence-electron chi connectivity index (χ1n) is 4.48. The molecule has 0 spiro atoms. The van der Waals surface area contributed by atoms with Gasteiger partial charge in [0.25, 0.3) is 0 Å². The van der Waals surface area contributed by atoms with Crippen LogP contribution in [0.3, 0.4) is 0 Å². The summed E-state index contributed by atoms with van der Waals surface area (Å²) in [7, 11) is 0. The van der Waals surface area contributed by atoms with Gasteiger partial charge in [0.2, 0.25) is 5.95 Å². The monoisotopic (exact) mass is 165 g/mol. The Labute approximate surface area is 71.6 Å². The molecule has 64 valence electrons. The second kappa shape index (κ2) is 3.21. The highest BCUT2D eigenvalue weighted by Crippen LogP contribution is 2.33. The summed E-state index contributed by atoms with van der Waals surface area (Å²) in [4.78, 5) is 3.54. The summed E-state index contributed by atoms with van der Waals surface area (Å²) < 4.78 is 12.7. The fraction of sp³-hybridized carbons (Fsp3) is 0.500. The Morgan fingerprint density at radius 1 is 1.33 bits per heavy atom. The van der Waals surface area contributed by atoms with Gasteiger partial charge in [-0.2, -0.15) is 4.39 Å². The Balaban J connectivity index is 2.21. The molecule has 1 nitrogen and oxygen atoms in total. The fourth-order valence-corrected chi connectivity index (χ4v) is 1.93. The maximum absolute atomic E-state index is 12.7. The topological polar surface area (TPSA) is 12.9 Å². The van der Waals surface area contributed by atoms with Crippen LogP contribution in [0.5, 0.6) is 0 Å². The highest BCUT2D eigenvalue weighted by molar-refractivity contribution is 5.17. The van der Waals surface area contributed by atoms with Gasteiger partial charge in [0.05, 0.1) is 0 Å². The lowest BCUT2D eigenvalue weighted by Crippen LogP contribution is -1.93. The molecule has 1 aromatic rings. The maximum Gasteiger partial charge on any atom is 0.213 e. The van der Waals surface area contributed by atoms with Crippen LogP contribution in [0.2, 0.25) is 0 Å². The van der Waals surface area contributed by atoms with Gasteiger partial charge in [-0.15, -0.1) is 0 Å². The van der Waals surface area contributed by atoms with Gasteiger partial charge in [0.1, 0.15) is 0 Å². The van der Waals surface area contributed by atoms with Gasteiger partial charge in [-0.25, -0.2) is 4.98 Å². The quantitative estimate of drug-likeness (QED) is 0.583. The van der Waals surface area contributed by atoms with Crippen molar-refractivity contribution in [1.82, 2.24) is 4.98 Å². The second-order valence-corrected chi connectivity index (χ2v) is 3.39. The Morgan fingerprint density at radius 3 is 2.75 bits per heavy atom. The molecule has 0 saturated heterocycles.